The third-order valence-electron chi connectivity index (χ3n) is 9.10. The summed E-state index contributed by atoms with van der Waals surface area (Å²) in [5, 5.41) is 0. The summed E-state index contributed by atoms with van der Waals surface area (Å²) in [4.78, 5) is 36.6. The molecule has 4 aliphatic rings. The molecule has 6 nitrogen and oxygen atoms in total. The fourth-order valence-electron chi connectivity index (χ4n) is 7.20. The number of rotatable bonds is 3. The molecule has 2 aliphatic heterocycles. The van der Waals surface area contributed by atoms with Crippen molar-refractivity contribution >= 4 is 17.5 Å². The lowest BCUT2D eigenvalue weighted by Crippen LogP contribution is -2.53. The molecule has 3 atom stereocenters. The molecule has 0 radical (unpaired) electrons. The van der Waals surface area contributed by atoms with Crippen LogP contribution in [0.5, 0.6) is 0 Å². The number of aromatic nitrogens is 1. The highest BCUT2D eigenvalue weighted by Crippen LogP contribution is 2.56. The van der Waals surface area contributed by atoms with E-state index < -0.39 is 17.2 Å². The van der Waals surface area contributed by atoms with Gasteiger partial charge in [-0.1, -0.05) is 6.42 Å². The van der Waals surface area contributed by atoms with Crippen LogP contribution in [0.3, 0.4) is 0 Å². The molecule has 1 aromatic heterocycles. The van der Waals surface area contributed by atoms with Gasteiger partial charge in [0.1, 0.15) is 5.82 Å². The lowest BCUT2D eigenvalue weighted by molar-refractivity contribution is -0.144. The Hall–Kier alpha value is -3.01. The van der Waals surface area contributed by atoms with Gasteiger partial charge in [0.15, 0.2) is 0 Å². The standard InChI is InChI=1S/C28H30F4N4O2/c29-21-3-5-22(6-4-21)36-11-10-34(17-25(36)37)23-13-19-2-1-8-27(19,14-23)26(38)35-9-7-24-18(16-35)12-20(15-33-24)28(30,31)32/h3-6,12,15,19,23H,1-2,7-11,13-14,16-17H2/t19-,23-,27-/m1/s1. The molecule has 0 unspecified atom stereocenters. The summed E-state index contributed by atoms with van der Waals surface area (Å²) < 4.78 is 53.1. The molecule has 2 aliphatic carbocycles. The maximum Gasteiger partial charge on any atom is 0.417 e. The predicted octanol–water partition coefficient (Wildman–Crippen LogP) is 4.42. The van der Waals surface area contributed by atoms with Gasteiger partial charge in [0, 0.05) is 56.2 Å². The average molecular weight is 531 g/mol. The van der Waals surface area contributed by atoms with E-state index in [0.29, 0.717) is 49.4 Å². The Morgan fingerprint density at radius 1 is 1.08 bits per heavy atom. The summed E-state index contributed by atoms with van der Waals surface area (Å²) in [5.74, 6) is -0.129. The van der Waals surface area contributed by atoms with Crippen LogP contribution in [0.1, 0.15) is 48.9 Å². The smallest absolute Gasteiger partial charge is 0.337 e. The Bertz CT molecular complexity index is 1250. The van der Waals surface area contributed by atoms with Crippen molar-refractivity contribution in [1.82, 2.24) is 14.8 Å². The third kappa shape index (κ3) is 4.36. The molecule has 0 N–H and O–H groups in total. The Balaban J connectivity index is 1.16. The van der Waals surface area contributed by atoms with Gasteiger partial charge in [0.05, 0.1) is 17.5 Å². The topological polar surface area (TPSA) is 56.8 Å². The lowest BCUT2D eigenvalue weighted by Gasteiger charge is -2.39. The van der Waals surface area contributed by atoms with Crippen molar-refractivity contribution in [1.29, 1.82) is 0 Å². The molecular formula is C28H30F4N4O2. The Labute approximate surface area is 218 Å². The number of pyridine rings is 1. The van der Waals surface area contributed by atoms with Crippen LogP contribution in [0.4, 0.5) is 23.2 Å². The number of amides is 2. The van der Waals surface area contributed by atoms with E-state index in [1.54, 1.807) is 21.9 Å². The number of halogens is 4. The molecule has 0 bridgehead atoms. The van der Waals surface area contributed by atoms with Crippen molar-refractivity contribution in [2.45, 2.75) is 57.3 Å². The summed E-state index contributed by atoms with van der Waals surface area (Å²) in [6, 6.07) is 7.17. The SMILES string of the molecule is O=C1CN([C@@H]2C[C@H]3CCC[C@@]3(C(=O)N3CCc4ncc(C(F)(F)F)cc4C3)C2)CCN1c1ccc(F)cc1. The van der Waals surface area contributed by atoms with E-state index >= 15 is 0 Å². The summed E-state index contributed by atoms with van der Waals surface area (Å²) in [6.45, 7) is 2.04. The van der Waals surface area contributed by atoms with Crippen molar-refractivity contribution in [3.05, 3.63) is 59.2 Å². The molecule has 1 saturated heterocycles. The number of anilines is 1. The number of alkyl halides is 3. The van der Waals surface area contributed by atoms with E-state index in [-0.39, 0.29) is 42.7 Å². The third-order valence-corrected chi connectivity index (χ3v) is 9.10. The molecule has 0 spiro atoms. The summed E-state index contributed by atoms with van der Waals surface area (Å²) in [6.07, 6.45) is 1.07. The van der Waals surface area contributed by atoms with Crippen LogP contribution >= 0.6 is 0 Å². The van der Waals surface area contributed by atoms with Crippen LogP contribution in [-0.2, 0) is 28.7 Å². The van der Waals surface area contributed by atoms with E-state index in [2.05, 4.69) is 9.88 Å². The number of carbonyl (C=O) groups excluding carboxylic acids is 2. The Kier molecular flexibility index (Phi) is 6.20. The fraction of sp³-hybridized carbons (Fsp3) is 0.536. The molecule has 3 fully saturated rings. The second-order valence-corrected chi connectivity index (χ2v) is 11.1. The van der Waals surface area contributed by atoms with E-state index in [0.717, 1.165) is 37.9 Å². The number of nitrogens with zero attached hydrogens (tertiary/aromatic N) is 4. The molecular weight excluding hydrogens is 500 g/mol. The van der Waals surface area contributed by atoms with Gasteiger partial charge in [-0.25, -0.2) is 4.39 Å². The van der Waals surface area contributed by atoms with Crippen LogP contribution in [0.2, 0.25) is 0 Å². The normalized spacial score (nSPS) is 27.9. The number of piperazine rings is 1. The van der Waals surface area contributed by atoms with E-state index in [1.165, 1.54) is 12.1 Å². The Morgan fingerprint density at radius 3 is 2.61 bits per heavy atom. The molecule has 38 heavy (non-hydrogen) atoms. The minimum atomic E-state index is -4.47. The first-order valence-electron chi connectivity index (χ1n) is 13.3. The van der Waals surface area contributed by atoms with Crippen LogP contribution in [0.25, 0.3) is 0 Å². The van der Waals surface area contributed by atoms with Crippen molar-refractivity contribution < 1.29 is 27.2 Å². The first-order valence-corrected chi connectivity index (χ1v) is 13.3. The molecule has 202 valence electrons. The van der Waals surface area contributed by atoms with E-state index in [1.807, 2.05) is 0 Å². The predicted molar refractivity (Wildman–Crippen MR) is 131 cm³/mol. The van der Waals surface area contributed by atoms with Gasteiger partial charge in [0.25, 0.3) is 0 Å². The first kappa shape index (κ1) is 25.3. The van der Waals surface area contributed by atoms with Crippen LogP contribution in [0.15, 0.2) is 36.5 Å². The Morgan fingerprint density at radius 2 is 1.87 bits per heavy atom. The lowest BCUT2D eigenvalue weighted by atomic mass is 9.78. The van der Waals surface area contributed by atoms with Crippen molar-refractivity contribution in [3.8, 4) is 0 Å². The van der Waals surface area contributed by atoms with Gasteiger partial charge in [0.2, 0.25) is 11.8 Å². The molecule has 6 rings (SSSR count). The number of hydrogen-bond donors (Lipinski definition) is 0. The molecule has 3 heterocycles. The molecule has 2 amide bonds. The summed E-state index contributed by atoms with van der Waals surface area (Å²) >= 11 is 0. The van der Waals surface area contributed by atoms with Gasteiger partial charge in [-0.2, -0.15) is 13.2 Å². The zero-order valence-corrected chi connectivity index (χ0v) is 21.0. The summed E-state index contributed by atoms with van der Waals surface area (Å²) in [5.41, 5.74) is 0.480. The van der Waals surface area contributed by atoms with Gasteiger partial charge in [-0.3, -0.25) is 19.5 Å². The van der Waals surface area contributed by atoms with Crippen molar-refractivity contribution in [2.75, 3.05) is 31.1 Å². The zero-order valence-electron chi connectivity index (χ0n) is 21.0. The second-order valence-electron chi connectivity index (χ2n) is 11.1. The van der Waals surface area contributed by atoms with E-state index in [4.69, 9.17) is 0 Å². The minimum absolute atomic E-state index is 0.0408. The van der Waals surface area contributed by atoms with Crippen molar-refractivity contribution in [3.63, 3.8) is 0 Å². The van der Waals surface area contributed by atoms with Gasteiger partial charge >= 0.3 is 6.18 Å². The largest absolute Gasteiger partial charge is 0.417 e. The fourth-order valence-corrected chi connectivity index (χ4v) is 7.20. The maximum atomic E-state index is 14.0. The van der Waals surface area contributed by atoms with Gasteiger partial charge in [-0.15, -0.1) is 0 Å². The highest BCUT2D eigenvalue weighted by molar-refractivity contribution is 5.95. The number of benzene rings is 1. The summed E-state index contributed by atoms with van der Waals surface area (Å²) in [7, 11) is 0. The highest BCUT2D eigenvalue weighted by Gasteiger charge is 2.57. The minimum Gasteiger partial charge on any atom is -0.337 e. The maximum absolute atomic E-state index is 14.0. The molecule has 2 aromatic rings. The number of carbonyl (C=O) groups is 2. The average Bonchev–Trinajstić information content (AvgIpc) is 3.46. The number of hydrogen-bond acceptors (Lipinski definition) is 4. The number of fused-ring (bicyclic) bond motifs is 2. The zero-order chi connectivity index (χ0) is 26.7. The van der Waals surface area contributed by atoms with Crippen LogP contribution in [-0.4, -0.2) is 58.8 Å². The van der Waals surface area contributed by atoms with Crippen LogP contribution < -0.4 is 4.90 Å². The molecule has 10 heteroatoms. The second kappa shape index (κ2) is 9.32. The van der Waals surface area contributed by atoms with Crippen molar-refractivity contribution in [2.24, 2.45) is 11.3 Å². The van der Waals surface area contributed by atoms with Gasteiger partial charge < -0.3 is 9.80 Å². The van der Waals surface area contributed by atoms with Crippen LogP contribution in [0, 0.1) is 17.2 Å². The first-order chi connectivity index (χ1) is 18.1. The molecule has 1 aromatic carbocycles. The quantitative estimate of drug-likeness (QED) is 0.552. The van der Waals surface area contributed by atoms with E-state index in [9.17, 15) is 27.2 Å². The highest BCUT2D eigenvalue weighted by atomic mass is 19.4. The molecule has 2 saturated carbocycles. The monoisotopic (exact) mass is 530 g/mol. The van der Waals surface area contributed by atoms with Gasteiger partial charge in [-0.05, 0) is 67.5 Å².